The first kappa shape index (κ1) is 16.3. The van der Waals surface area contributed by atoms with Crippen molar-refractivity contribution in [1.29, 1.82) is 0 Å². The Hall–Kier alpha value is -2.58. The van der Waals surface area contributed by atoms with Crippen LogP contribution in [0.15, 0.2) is 24.9 Å². The lowest BCUT2D eigenvalue weighted by Crippen LogP contribution is -2.57. The average Bonchev–Trinajstić information content (AvgIpc) is 2.70. The topological polar surface area (TPSA) is 65.5 Å². The standard InChI is InChI=1S/C15H15F3N4O2/c1-2-12(23)21-3-4-22-10(8-21)7-20-14(24)11-5-9(15(16,17)18)6-19-13(11)22/h2,5-6,10H,1,3-4,7-8H2,(H,20,24)/t10-/m1/s1. The van der Waals surface area contributed by atoms with Gasteiger partial charge in [-0.1, -0.05) is 6.58 Å². The number of hydrogen-bond acceptors (Lipinski definition) is 4. The maximum atomic E-state index is 12.9. The Morgan fingerprint density at radius 2 is 2.17 bits per heavy atom. The van der Waals surface area contributed by atoms with Crippen LogP contribution >= 0.6 is 0 Å². The van der Waals surface area contributed by atoms with Crippen LogP contribution in [0.4, 0.5) is 19.0 Å². The van der Waals surface area contributed by atoms with Crippen molar-refractivity contribution in [3.8, 4) is 0 Å². The Labute approximate surface area is 135 Å². The third-order valence-electron chi connectivity index (χ3n) is 4.18. The second kappa shape index (κ2) is 5.81. The predicted octanol–water partition coefficient (Wildman–Crippen LogP) is 1.05. The summed E-state index contributed by atoms with van der Waals surface area (Å²) in [5.41, 5.74) is -1.06. The summed E-state index contributed by atoms with van der Waals surface area (Å²) in [6, 6.07) is 0.568. The van der Waals surface area contributed by atoms with Crippen LogP contribution in [0.1, 0.15) is 15.9 Å². The van der Waals surface area contributed by atoms with Gasteiger partial charge >= 0.3 is 6.18 Å². The van der Waals surface area contributed by atoms with Crippen LogP contribution in [0, 0.1) is 0 Å². The Morgan fingerprint density at radius 3 is 2.83 bits per heavy atom. The molecule has 2 amide bonds. The number of alkyl halides is 3. The Bertz CT molecular complexity index is 704. The van der Waals surface area contributed by atoms with Gasteiger partial charge in [-0.2, -0.15) is 13.2 Å². The molecule has 24 heavy (non-hydrogen) atoms. The molecular formula is C15H15F3N4O2. The van der Waals surface area contributed by atoms with Crippen molar-refractivity contribution in [2.24, 2.45) is 0 Å². The lowest BCUT2D eigenvalue weighted by Gasteiger charge is -2.41. The lowest BCUT2D eigenvalue weighted by molar-refractivity contribution is -0.137. The summed E-state index contributed by atoms with van der Waals surface area (Å²) >= 11 is 0. The molecular weight excluding hydrogens is 325 g/mol. The number of piperazine rings is 1. The number of aromatic nitrogens is 1. The summed E-state index contributed by atoms with van der Waals surface area (Å²) in [5, 5.41) is 2.60. The smallest absolute Gasteiger partial charge is 0.350 e. The number of anilines is 1. The molecule has 128 valence electrons. The molecule has 2 aliphatic rings. The molecule has 1 N–H and O–H groups in total. The van der Waals surface area contributed by atoms with Gasteiger partial charge < -0.3 is 15.1 Å². The van der Waals surface area contributed by atoms with E-state index in [9.17, 15) is 22.8 Å². The number of carbonyl (C=O) groups excluding carboxylic acids is 2. The van der Waals surface area contributed by atoms with E-state index in [-0.39, 0.29) is 29.9 Å². The van der Waals surface area contributed by atoms with Crippen molar-refractivity contribution in [2.75, 3.05) is 31.1 Å². The van der Waals surface area contributed by atoms with Gasteiger partial charge in [0.2, 0.25) is 5.91 Å². The Kier molecular flexibility index (Phi) is 3.94. The minimum atomic E-state index is -4.57. The highest BCUT2D eigenvalue weighted by molar-refractivity contribution is 6.00. The van der Waals surface area contributed by atoms with Crippen LogP contribution in [0.3, 0.4) is 0 Å². The minimum absolute atomic E-state index is 0.101. The van der Waals surface area contributed by atoms with Crippen LogP contribution < -0.4 is 10.2 Å². The second-order valence-corrected chi connectivity index (χ2v) is 5.64. The van der Waals surface area contributed by atoms with E-state index in [2.05, 4.69) is 16.9 Å². The van der Waals surface area contributed by atoms with Crippen molar-refractivity contribution >= 4 is 17.6 Å². The fraction of sp³-hybridized carbons (Fsp3) is 0.400. The quantitative estimate of drug-likeness (QED) is 0.776. The first-order valence-corrected chi connectivity index (χ1v) is 7.34. The summed E-state index contributed by atoms with van der Waals surface area (Å²) in [4.78, 5) is 31.2. The van der Waals surface area contributed by atoms with Crippen molar-refractivity contribution in [3.63, 3.8) is 0 Å². The first-order valence-electron chi connectivity index (χ1n) is 7.34. The monoisotopic (exact) mass is 340 g/mol. The van der Waals surface area contributed by atoms with E-state index in [0.717, 1.165) is 12.3 Å². The van der Waals surface area contributed by atoms with Crippen molar-refractivity contribution in [1.82, 2.24) is 15.2 Å². The third kappa shape index (κ3) is 2.81. The number of hydrogen-bond donors (Lipinski definition) is 1. The van der Waals surface area contributed by atoms with Gasteiger partial charge in [0.1, 0.15) is 5.82 Å². The summed E-state index contributed by atoms with van der Waals surface area (Å²) in [7, 11) is 0. The molecule has 0 aromatic carbocycles. The molecule has 9 heteroatoms. The highest BCUT2D eigenvalue weighted by Gasteiger charge is 2.37. The van der Waals surface area contributed by atoms with Crippen LogP contribution in [0.25, 0.3) is 0 Å². The zero-order chi connectivity index (χ0) is 17.5. The highest BCUT2D eigenvalue weighted by atomic mass is 19.4. The van der Waals surface area contributed by atoms with Gasteiger partial charge in [-0.25, -0.2) is 4.98 Å². The third-order valence-corrected chi connectivity index (χ3v) is 4.18. The van der Waals surface area contributed by atoms with Crippen LogP contribution in [0.5, 0.6) is 0 Å². The van der Waals surface area contributed by atoms with Gasteiger partial charge in [-0.3, -0.25) is 9.59 Å². The van der Waals surface area contributed by atoms with E-state index < -0.39 is 17.6 Å². The zero-order valence-electron chi connectivity index (χ0n) is 12.6. The van der Waals surface area contributed by atoms with Crippen LogP contribution in [-0.4, -0.2) is 53.9 Å². The Morgan fingerprint density at radius 1 is 1.42 bits per heavy atom. The Balaban J connectivity index is 1.95. The van der Waals surface area contributed by atoms with Gasteiger partial charge in [-0.15, -0.1) is 0 Å². The number of nitrogens with zero attached hydrogens (tertiary/aromatic N) is 3. The van der Waals surface area contributed by atoms with Gasteiger partial charge in [0.25, 0.3) is 5.91 Å². The number of carbonyl (C=O) groups is 2. The van der Waals surface area contributed by atoms with Crippen LogP contribution in [0.2, 0.25) is 0 Å². The molecule has 0 bridgehead atoms. The number of nitrogens with one attached hydrogen (secondary N) is 1. The fourth-order valence-electron chi connectivity index (χ4n) is 2.95. The number of pyridine rings is 1. The molecule has 1 atom stereocenters. The number of halogens is 3. The predicted molar refractivity (Wildman–Crippen MR) is 79.5 cm³/mol. The van der Waals surface area contributed by atoms with E-state index in [1.54, 1.807) is 9.80 Å². The van der Waals surface area contributed by atoms with E-state index in [0.29, 0.717) is 19.6 Å². The van der Waals surface area contributed by atoms with E-state index in [1.165, 1.54) is 6.08 Å². The number of rotatable bonds is 1. The molecule has 1 saturated heterocycles. The average molecular weight is 340 g/mol. The summed E-state index contributed by atoms with van der Waals surface area (Å²) in [5.74, 6) is -0.598. The van der Waals surface area contributed by atoms with E-state index in [1.807, 2.05) is 0 Å². The largest absolute Gasteiger partial charge is 0.417 e. The maximum Gasteiger partial charge on any atom is 0.417 e. The van der Waals surface area contributed by atoms with Gasteiger partial charge in [0, 0.05) is 32.4 Å². The molecule has 0 saturated carbocycles. The highest BCUT2D eigenvalue weighted by Crippen LogP contribution is 2.33. The summed E-state index contributed by atoms with van der Waals surface area (Å²) in [6.07, 6.45) is -2.62. The molecule has 1 fully saturated rings. The summed E-state index contributed by atoms with van der Waals surface area (Å²) in [6.45, 7) is 4.77. The number of fused-ring (bicyclic) bond motifs is 3. The molecule has 0 aliphatic carbocycles. The molecule has 6 nitrogen and oxygen atoms in total. The normalized spacial score (nSPS) is 20.6. The molecule has 2 aliphatic heterocycles. The molecule has 1 aromatic heterocycles. The first-order chi connectivity index (χ1) is 11.3. The molecule has 0 radical (unpaired) electrons. The summed E-state index contributed by atoms with van der Waals surface area (Å²) < 4.78 is 38.6. The fourth-order valence-corrected chi connectivity index (χ4v) is 2.95. The molecule has 3 rings (SSSR count). The van der Waals surface area contributed by atoms with Gasteiger partial charge in [0.05, 0.1) is 17.2 Å². The molecule has 1 aromatic rings. The van der Waals surface area contributed by atoms with E-state index in [4.69, 9.17) is 0 Å². The zero-order valence-corrected chi connectivity index (χ0v) is 12.6. The SMILES string of the molecule is C=CC(=O)N1CCN2c3ncc(C(F)(F)F)cc3C(=O)NC[C@@H]2C1. The molecule has 0 spiro atoms. The van der Waals surface area contributed by atoms with Gasteiger partial charge in [-0.05, 0) is 12.1 Å². The van der Waals surface area contributed by atoms with Crippen molar-refractivity contribution in [2.45, 2.75) is 12.2 Å². The van der Waals surface area contributed by atoms with Gasteiger partial charge in [0.15, 0.2) is 0 Å². The lowest BCUT2D eigenvalue weighted by atomic mass is 10.1. The molecule has 3 heterocycles. The van der Waals surface area contributed by atoms with E-state index >= 15 is 0 Å². The van der Waals surface area contributed by atoms with Crippen molar-refractivity contribution < 1.29 is 22.8 Å². The molecule has 0 unspecified atom stereocenters. The van der Waals surface area contributed by atoms with Crippen molar-refractivity contribution in [3.05, 3.63) is 36.0 Å². The number of amides is 2. The maximum absolute atomic E-state index is 12.9. The second-order valence-electron chi connectivity index (χ2n) is 5.64. The van der Waals surface area contributed by atoms with Crippen LogP contribution in [-0.2, 0) is 11.0 Å². The minimum Gasteiger partial charge on any atom is -0.350 e.